The number of nitrogens with one attached hydrogen (secondary N) is 1. The number of hydrogen-bond acceptors (Lipinski definition) is 4. The molecule has 4 rings (SSSR count). The molecule has 0 atom stereocenters. The summed E-state index contributed by atoms with van der Waals surface area (Å²) in [6.45, 7) is 4.25. The minimum Gasteiger partial charge on any atom is -0.339 e. The lowest BCUT2D eigenvalue weighted by atomic mass is 10.1. The lowest BCUT2D eigenvalue weighted by molar-refractivity contribution is 0.917. The van der Waals surface area contributed by atoms with Gasteiger partial charge in [-0.25, -0.2) is 9.97 Å². The van der Waals surface area contributed by atoms with Crippen LogP contribution in [-0.2, 0) is 12.8 Å². The molecule has 0 unspecified atom stereocenters. The van der Waals surface area contributed by atoms with Crippen molar-refractivity contribution in [3.8, 4) is 0 Å². The maximum absolute atomic E-state index is 4.50. The van der Waals surface area contributed by atoms with Gasteiger partial charge in [-0.05, 0) is 50.3 Å². The highest BCUT2D eigenvalue weighted by atomic mass is 32.1. The second-order valence-corrected chi connectivity index (χ2v) is 6.79. The molecule has 1 aliphatic carbocycles. The third kappa shape index (κ3) is 2.10. The zero-order valence-corrected chi connectivity index (χ0v) is 13.0. The zero-order valence-electron chi connectivity index (χ0n) is 12.2. The molecule has 1 aromatic carbocycles. The van der Waals surface area contributed by atoms with E-state index in [-0.39, 0.29) is 0 Å². The van der Waals surface area contributed by atoms with Crippen molar-refractivity contribution in [3.63, 3.8) is 0 Å². The standard InChI is InChI=1S/C17H17N3S/c1-10-6-7-13(11(2)8-10)20-16-15-12-4-3-5-14(12)21-17(15)19-9-18-16/h6-9H,3-5H2,1-2H3,(H,18,19,20). The first-order valence-corrected chi connectivity index (χ1v) is 8.13. The largest absolute Gasteiger partial charge is 0.339 e. The first kappa shape index (κ1) is 12.8. The minimum atomic E-state index is 0.950. The number of thiophene rings is 1. The number of nitrogens with zero attached hydrogens (tertiary/aromatic N) is 2. The summed E-state index contributed by atoms with van der Waals surface area (Å²) in [4.78, 5) is 11.6. The molecule has 0 spiro atoms. The molecule has 1 N–H and O–H groups in total. The van der Waals surface area contributed by atoms with E-state index in [1.807, 2.05) is 11.3 Å². The van der Waals surface area contributed by atoms with E-state index >= 15 is 0 Å². The molecule has 4 heteroatoms. The molecule has 1 aliphatic rings. The van der Waals surface area contributed by atoms with Crippen LogP contribution in [0.2, 0.25) is 0 Å². The molecule has 0 amide bonds. The summed E-state index contributed by atoms with van der Waals surface area (Å²) in [5.41, 5.74) is 5.11. The Morgan fingerprint density at radius 1 is 1.14 bits per heavy atom. The average molecular weight is 295 g/mol. The molecular formula is C17H17N3S. The van der Waals surface area contributed by atoms with Crippen molar-refractivity contribution in [1.29, 1.82) is 0 Å². The van der Waals surface area contributed by atoms with E-state index in [4.69, 9.17) is 0 Å². The smallest absolute Gasteiger partial charge is 0.142 e. The van der Waals surface area contributed by atoms with Gasteiger partial charge in [0.15, 0.2) is 0 Å². The lowest BCUT2D eigenvalue weighted by Gasteiger charge is -2.11. The third-order valence-corrected chi connectivity index (χ3v) is 5.34. The number of fused-ring (bicyclic) bond motifs is 3. The Morgan fingerprint density at radius 2 is 2.05 bits per heavy atom. The number of hydrogen-bond donors (Lipinski definition) is 1. The van der Waals surface area contributed by atoms with Crippen LogP contribution in [0.15, 0.2) is 24.5 Å². The highest BCUT2D eigenvalue weighted by Gasteiger charge is 2.21. The molecule has 3 nitrogen and oxygen atoms in total. The van der Waals surface area contributed by atoms with Crippen molar-refractivity contribution in [2.24, 2.45) is 0 Å². The molecule has 2 heterocycles. The topological polar surface area (TPSA) is 37.8 Å². The minimum absolute atomic E-state index is 0.950. The quantitative estimate of drug-likeness (QED) is 0.754. The first-order chi connectivity index (χ1) is 10.2. The molecule has 106 valence electrons. The monoisotopic (exact) mass is 295 g/mol. The van der Waals surface area contributed by atoms with Crippen molar-refractivity contribution >= 4 is 33.1 Å². The van der Waals surface area contributed by atoms with Crippen molar-refractivity contribution in [3.05, 3.63) is 46.1 Å². The summed E-state index contributed by atoms with van der Waals surface area (Å²) >= 11 is 1.83. The van der Waals surface area contributed by atoms with Crippen LogP contribution in [0.4, 0.5) is 11.5 Å². The fourth-order valence-corrected chi connectivity index (χ4v) is 4.33. The average Bonchev–Trinajstić information content (AvgIpc) is 3.02. The van der Waals surface area contributed by atoms with Gasteiger partial charge in [0, 0.05) is 10.6 Å². The van der Waals surface area contributed by atoms with Gasteiger partial charge < -0.3 is 5.32 Å². The van der Waals surface area contributed by atoms with Crippen LogP contribution in [0.5, 0.6) is 0 Å². The van der Waals surface area contributed by atoms with E-state index in [0.29, 0.717) is 0 Å². The molecule has 0 saturated carbocycles. The van der Waals surface area contributed by atoms with Crippen LogP contribution < -0.4 is 5.32 Å². The second kappa shape index (κ2) is 4.81. The van der Waals surface area contributed by atoms with Gasteiger partial charge in [-0.15, -0.1) is 11.3 Å². The predicted octanol–water partition coefficient (Wildman–Crippen LogP) is 4.54. The van der Waals surface area contributed by atoms with Crippen LogP contribution in [0.25, 0.3) is 10.2 Å². The Balaban J connectivity index is 1.83. The predicted molar refractivity (Wildman–Crippen MR) is 88.6 cm³/mol. The molecule has 0 radical (unpaired) electrons. The third-order valence-electron chi connectivity index (χ3n) is 4.14. The van der Waals surface area contributed by atoms with Crippen LogP contribution in [0.1, 0.15) is 28.0 Å². The summed E-state index contributed by atoms with van der Waals surface area (Å²) in [6.07, 6.45) is 5.28. The Hall–Kier alpha value is -1.94. The zero-order chi connectivity index (χ0) is 14.4. The first-order valence-electron chi connectivity index (χ1n) is 7.32. The number of anilines is 2. The molecule has 0 aliphatic heterocycles. The highest BCUT2D eigenvalue weighted by molar-refractivity contribution is 7.19. The van der Waals surface area contributed by atoms with E-state index < -0.39 is 0 Å². The normalized spacial score (nSPS) is 13.6. The van der Waals surface area contributed by atoms with Crippen molar-refractivity contribution in [1.82, 2.24) is 9.97 Å². The van der Waals surface area contributed by atoms with Crippen molar-refractivity contribution in [2.75, 3.05) is 5.32 Å². The molecule has 3 aromatic rings. The second-order valence-electron chi connectivity index (χ2n) is 5.70. The van der Waals surface area contributed by atoms with E-state index in [1.54, 1.807) is 6.33 Å². The van der Waals surface area contributed by atoms with Gasteiger partial charge in [-0.3, -0.25) is 0 Å². The number of rotatable bonds is 2. The highest BCUT2D eigenvalue weighted by Crippen LogP contribution is 2.39. The van der Waals surface area contributed by atoms with Gasteiger partial charge in [0.05, 0.1) is 5.39 Å². The van der Waals surface area contributed by atoms with E-state index in [9.17, 15) is 0 Å². The van der Waals surface area contributed by atoms with E-state index in [2.05, 4.69) is 47.3 Å². The molecule has 0 saturated heterocycles. The Morgan fingerprint density at radius 3 is 2.90 bits per heavy atom. The molecule has 2 aromatic heterocycles. The summed E-state index contributed by atoms with van der Waals surface area (Å²) < 4.78 is 0. The van der Waals surface area contributed by atoms with Gasteiger partial charge in [-0.1, -0.05) is 17.7 Å². The van der Waals surface area contributed by atoms with E-state index in [1.165, 1.54) is 39.8 Å². The van der Waals surface area contributed by atoms with Crippen LogP contribution in [-0.4, -0.2) is 9.97 Å². The Labute approximate surface area is 128 Å². The van der Waals surface area contributed by atoms with Crippen molar-refractivity contribution < 1.29 is 0 Å². The maximum atomic E-state index is 4.50. The fraction of sp³-hybridized carbons (Fsp3) is 0.294. The number of benzene rings is 1. The molecule has 0 fully saturated rings. The van der Waals surface area contributed by atoms with Gasteiger partial charge in [0.2, 0.25) is 0 Å². The van der Waals surface area contributed by atoms with Crippen LogP contribution >= 0.6 is 11.3 Å². The SMILES string of the molecule is Cc1ccc(Nc2ncnc3sc4c(c23)CCC4)c(C)c1. The number of aryl methyl sites for hydroxylation is 4. The fourth-order valence-electron chi connectivity index (χ4n) is 3.10. The number of aromatic nitrogens is 2. The van der Waals surface area contributed by atoms with Crippen LogP contribution in [0.3, 0.4) is 0 Å². The molecular weight excluding hydrogens is 278 g/mol. The molecule has 0 bridgehead atoms. The van der Waals surface area contributed by atoms with Gasteiger partial charge in [0.1, 0.15) is 17.0 Å². The lowest BCUT2D eigenvalue weighted by Crippen LogP contribution is -1.98. The van der Waals surface area contributed by atoms with Crippen molar-refractivity contribution in [2.45, 2.75) is 33.1 Å². The van der Waals surface area contributed by atoms with E-state index in [0.717, 1.165) is 22.8 Å². The van der Waals surface area contributed by atoms with Gasteiger partial charge in [0.25, 0.3) is 0 Å². The Bertz CT molecular complexity index is 835. The van der Waals surface area contributed by atoms with Crippen LogP contribution in [0, 0.1) is 13.8 Å². The molecule has 21 heavy (non-hydrogen) atoms. The van der Waals surface area contributed by atoms with Gasteiger partial charge in [-0.2, -0.15) is 0 Å². The summed E-state index contributed by atoms with van der Waals surface area (Å²) in [5, 5.41) is 4.75. The summed E-state index contributed by atoms with van der Waals surface area (Å²) in [6, 6.07) is 6.45. The maximum Gasteiger partial charge on any atom is 0.142 e. The van der Waals surface area contributed by atoms with Gasteiger partial charge >= 0.3 is 0 Å². The summed E-state index contributed by atoms with van der Waals surface area (Å²) in [7, 11) is 0. The Kier molecular flexibility index (Phi) is 2.93. The summed E-state index contributed by atoms with van der Waals surface area (Å²) in [5.74, 6) is 0.950.